The van der Waals surface area contributed by atoms with Crippen LogP contribution < -0.4 is 0 Å². The Labute approximate surface area is 185 Å². The molecule has 0 aromatic rings. The lowest BCUT2D eigenvalue weighted by Gasteiger charge is -2.44. The van der Waals surface area contributed by atoms with E-state index in [1.165, 1.54) is 51.4 Å². The monoisotopic (exact) mass is 404 g/mol. The molecule has 29 heavy (non-hydrogen) atoms. The summed E-state index contributed by atoms with van der Waals surface area (Å²) >= 11 is 0. The summed E-state index contributed by atoms with van der Waals surface area (Å²) < 4.78 is 0. The summed E-state index contributed by atoms with van der Waals surface area (Å²) in [6.45, 7) is 19.1. The molecular weight excluding hydrogens is 348 g/mol. The van der Waals surface area contributed by atoms with Crippen LogP contribution in [0.15, 0.2) is 0 Å². The summed E-state index contributed by atoms with van der Waals surface area (Å²) in [7, 11) is 0. The number of hydrogen-bond acceptors (Lipinski definition) is 0. The van der Waals surface area contributed by atoms with E-state index in [1.807, 2.05) is 0 Å². The van der Waals surface area contributed by atoms with E-state index in [2.05, 4.69) is 55.4 Å². The smallest absolute Gasteiger partial charge is 0.0326 e. The van der Waals surface area contributed by atoms with Gasteiger partial charge in [0.25, 0.3) is 0 Å². The van der Waals surface area contributed by atoms with Gasteiger partial charge in [0.15, 0.2) is 0 Å². The fourth-order valence-electron chi connectivity index (χ4n) is 7.11. The molecule has 0 aromatic carbocycles. The number of fused-ring (bicyclic) bond motifs is 3. The van der Waals surface area contributed by atoms with Gasteiger partial charge < -0.3 is 0 Å². The van der Waals surface area contributed by atoms with E-state index in [4.69, 9.17) is 0 Å². The summed E-state index contributed by atoms with van der Waals surface area (Å²) in [5, 5.41) is 0. The molecule has 4 fully saturated rings. The molecule has 0 saturated heterocycles. The molecule has 8 atom stereocenters. The average Bonchev–Trinajstić information content (AvgIpc) is 3.01. The highest BCUT2D eigenvalue weighted by Gasteiger charge is 2.53. The molecule has 0 aromatic heterocycles. The van der Waals surface area contributed by atoms with Gasteiger partial charge in [0.1, 0.15) is 0 Å². The molecule has 0 spiro atoms. The molecule has 0 nitrogen and oxygen atoms in total. The summed E-state index contributed by atoms with van der Waals surface area (Å²) in [6, 6.07) is 0. The Morgan fingerprint density at radius 3 is 1.38 bits per heavy atom. The summed E-state index contributed by atoms with van der Waals surface area (Å²) in [6.07, 6.45) is 16.7. The molecule has 4 rings (SSSR count). The third kappa shape index (κ3) is 6.74. The van der Waals surface area contributed by atoms with Crippen LogP contribution in [0.1, 0.15) is 126 Å². The van der Waals surface area contributed by atoms with Crippen LogP contribution >= 0.6 is 0 Å². The van der Waals surface area contributed by atoms with Gasteiger partial charge in [-0.15, -0.1) is 0 Å². The van der Waals surface area contributed by atoms with Crippen LogP contribution in [0, 0.1) is 59.2 Å². The van der Waals surface area contributed by atoms with E-state index in [9.17, 15) is 0 Å². The molecule has 0 bridgehead atoms. The minimum atomic E-state index is 0.852. The van der Waals surface area contributed by atoms with Crippen molar-refractivity contribution in [1.82, 2.24) is 0 Å². The Kier molecular flexibility index (Phi) is 10.6. The van der Waals surface area contributed by atoms with Gasteiger partial charge in [-0.25, -0.2) is 0 Å². The maximum absolute atomic E-state index is 2.59. The molecule has 0 aliphatic heterocycles. The normalized spacial score (nSPS) is 41.6. The van der Waals surface area contributed by atoms with Crippen LogP contribution in [0.3, 0.4) is 0 Å². The van der Waals surface area contributed by atoms with Crippen LogP contribution in [0.5, 0.6) is 0 Å². The van der Waals surface area contributed by atoms with E-state index >= 15 is 0 Å². The van der Waals surface area contributed by atoms with Gasteiger partial charge >= 0.3 is 0 Å². The fraction of sp³-hybridized carbons (Fsp3) is 1.00. The Balaban J connectivity index is 0.000000206. The lowest BCUT2D eigenvalue weighted by molar-refractivity contribution is 0.0498. The Morgan fingerprint density at radius 1 is 0.483 bits per heavy atom. The van der Waals surface area contributed by atoms with E-state index < -0.39 is 0 Å². The van der Waals surface area contributed by atoms with Gasteiger partial charge in [0.2, 0.25) is 0 Å². The largest absolute Gasteiger partial charge is 0.0625 e. The topological polar surface area (TPSA) is 0 Å². The number of rotatable bonds is 1. The molecule has 172 valence electrons. The highest BCUT2D eigenvalue weighted by molar-refractivity contribution is 5.02. The highest BCUT2D eigenvalue weighted by atomic mass is 14.6. The zero-order valence-electron chi connectivity index (χ0n) is 21.6. The first-order chi connectivity index (χ1) is 13.8. The molecule has 0 N–H and O–H groups in total. The van der Waals surface area contributed by atoms with Crippen molar-refractivity contribution in [1.29, 1.82) is 0 Å². The van der Waals surface area contributed by atoms with Crippen LogP contribution in [-0.4, -0.2) is 0 Å². The van der Waals surface area contributed by atoms with E-state index in [0.29, 0.717) is 0 Å². The molecule has 4 saturated carbocycles. The van der Waals surface area contributed by atoms with Gasteiger partial charge in [-0.2, -0.15) is 0 Å². The van der Waals surface area contributed by atoms with E-state index in [0.717, 1.165) is 59.2 Å². The zero-order chi connectivity index (χ0) is 21.6. The average molecular weight is 405 g/mol. The fourth-order valence-corrected chi connectivity index (χ4v) is 7.11. The Morgan fingerprint density at radius 2 is 0.931 bits per heavy atom. The van der Waals surface area contributed by atoms with Gasteiger partial charge in [-0.1, -0.05) is 107 Å². The second kappa shape index (κ2) is 12.1. The van der Waals surface area contributed by atoms with Gasteiger partial charge in [0.05, 0.1) is 0 Å². The molecule has 0 heteroatoms. The van der Waals surface area contributed by atoms with E-state index in [1.54, 1.807) is 19.3 Å². The summed E-state index contributed by atoms with van der Waals surface area (Å²) in [5.41, 5.74) is 0. The second-order valence-electron chi connectivity index (χ2n) is 12.3. The van der Waals surface area contributed by atoms with Crippen molar-refractivity contribution < 1.29 is 0 Å². The Bertz CT molecular complexity index is 414. The van der Waals surface area contributed by atoms with Crippen LogP contribution in [0.2, 0.25) is 0 Å². The van der Waals surface area contributed by atoms with Crippen LogP contribution in [-0.2, 0) is 0 Å². The van der Waals surface area contributed by atoms with Crippen molar-refractivity contribution in [3.63, 3.8) is 0 Å². The van der Waals surface area contributed by atoms with Crippen molar-refractivity contribution in [2.45, 2.75) is 126 Å². The number of hydrogen-bond donors (Lipinski definition) is 0. The SMILES string of the molecule is C1CCCCC1.CC(C)C(C)C.CC1CC2C3CCCCC3C(C)C2C(C)C1C. The summed E-state index contributed by atoms with van der Waals surface area (Å²) in [5.74, 6) is 10.00. The molecule has 4 aliphatic carbocycles. The quantitative estimate of drug-likeness (QED) is 0.408. The first-order valence-electron chi connectivity index (χ1n) is 13.8. The predicted octanol–water partition coefficient (Wildman–Crippen LogP) is 9.63. The molecular formula is C29H56. The molecule has 0 amide bonds. The second-order valence-corrected chi connectivity index (χ2v) is 12.3. The summed E-state index contributed by atoms with van der Waals surface area (Å²) in [4.78, 5) is 0. The Hall–Kier alpha value is 0. The van der Waals surface area contributed by atoms with Crippen molar-refractivity contribution in [2.75, 3.05) is 0 Å². The van der Waals surface area contributed by atoms with Crippen LogP contribution in [0.4, 0.5) is 0 Å². The lowest BCUT2D eigenvalue weighted by atomic mass is 9.61. The zero-order valence-corrected chi connectivity index (χ0v) is 21.6. The maximum atomic E-state index is 2.59. The predicted molar refractivity (Wildman–Crippen MR) is 131 cm³/mol. The molecule has 4 aliphatic rings. The van der Waals surface area contributed by atoms with Gasteiger partial charge in [-0.05, 0) is 78.4 Å². The first kappa shape index (κ1) is 25.3. The maximum Gasteiger partial charge on any atom is -0.0326 e. The standard InChI is InChI=1S/C17H30.C6H12.C6H14/c1-10-9-16-15-8-6-5-7-14(15)13(4)17(16)12(3)11(10)2;1-2-4-6-5-3-1;1-5(2)6(3)4/h10-17H,5-9H2,1-4H3;1-6H2;5-6H,1-4H3. The molecule has 0 heterocycles. The molecule has 0 radical (unpaired) electrons. The third-order valence-corrected chi connectivity index (χ3v) is 10.0. The van der Waals surface area contributed by atoms with Gasteiger partial charge in [-0.3, -0.25) is 0 Å². The third-order valence-electron chi connectivity index (χ3n) is 10.0. The lowest BCUT2D eigenvalue weighted by Crippen LogP contribution is -2.37. The van der Waals surface area contributed by atoms with Crippen molar-refractivity contribution in [3.05, 3.63) is 0 Å². The van der Waals surface area contributed by atoms with Gasteiger partial charge in [0, 0.05) is 0 Å². The minimum absolute atomic E-state index is 0.852. The van der Waals surface area contributed by atoms with Crippen molar-refractivity contribution >= 4 is 0 Å². The highest BCUT2D eigenvalue weighted by Crippen LogP contribution is 2.60. The van der Waals surface area contributed by atoms with Crippen molar-refractivity contribution in [3.8, 4) is 0 Å². The van der Waals surface area contributed by atoms with Crippen LogP contribution in [0.25, 0.3) is 0 Å². The minimum Gasteiger partial charge on any atom is -0.0625 e. The molecule has 8 unspecified atom stereocenters. The first-order valence-corrected chi connectivity index (χ1v) is 13.8. The van der Waals surface area contributed by atoms with E-state index in [-0.39, 0.29) is 0 Å². The van der Waals surface area contributed by atoms with Crippen molar-refractivity contribution in [2.24, 2.45) is 59.2 Å².